The number of thioether (sulfide) groups is 1. The molecule has 4 heteroatoms. The molecule has 0 N–H and O–H groups in total. The fraction of sp³-hybridized carbons (Fsp3) is 0.588. The van der Waals surface area contributed by atoms with E-state index in [1.165, 1.54) is 38.5 Å². The molecule has 2 nitrogen and oxygen atoms in total. The van der Waals surface area contributed by atoms with Crippen molar-refractivity contribution in [2.24, 2.45) is 5.92 Å². The molecule has 1 aromatic carbocycles. The maximum absolute atomic E-state index is 12.6. The number of hydrogen-bond acceptors (Lipinski definition) is 2. The van der Waals surface area contributed by atoms with E-state index in [1.807, 2.05) is 24.3 Å². The molecule has 0 radical (unpaired) electrons. The second-order valence-electron chi connectivity index (χ2n) is 6.08. The van der Waals surface area contributed by atoms with E-state index in [0.717, 1.165) is 22.4 Å². The minimum absolute atomic E-state index is 0.312. The van der Waals surface area contributed by atoms with Crippen LogP contribution >= 0.6 is 23.4 Å². The quantitative estimate of drug-likeness (QED) is 0.757. The second kappa shape index (κ2) is 7.06. The molecule has 1 aliphatic heterocycles. The van der Waals surface area contributed by atoms with Crippen LogP contribution in [0.4, 0.5) is 0 Å². The van der Waals surface area contributed by atoms with Crippen molar-refractivity contribution in [3.63, 3.8) is 0 Å². The number of halogens is 1. The molecule has 1 aliphatic carbocycles. The third-order valence-electron chi connectivity index (χ3n) is 4.74. The molecule has 3 rings (SSSR count). The van der Waals surface area contributed by atoms with Crippen LogP contribution in [0.25, 0.3) is 0 Å². The molecule has 1 amide bonds. The first-order valence-corrected chi connectivity index (χ1v) is 9.28. The van der Waals surface area contributed by atoms with Crippen molar-refractivity contribution >= 4 is 29.3 Å². The Kier molecular flexibility index (Phi) is 5.12. The zero-order valence-corrected chi connectivity index (χ0v) is 13.8. The van der Waals surface area contributed by atoms with Gasteiger partial charge in [-0.05, 0) is 55.9 Å². The van der Waals surface area contributed by atoms with Crippen molar-refractivity contribution in [1.82, 2.24) is 4.90 Å². The molecule has 2 aliphatic rings. The Labute approximate surface area is 136 Å². The smallest absolute Gasteiger partial charge is 0.233 e. The van der Waals surface area contributed by atoms with E-state index in [9.17, 15) is 4.79 Å². The number of likely N-dealkylation sites (tertiary alicyclic amines) is 1. The van der Waals surface area contributed by atoms with Crippen molar-refractivity contribution in [3.05, 3.63) is 29.3 Å². The van der Waals surface area contributed by atoms with E-state index < -0.39 is 0 Å². The molecule has 1 heterocycles. The largest absolute Gasteiger partial charge is 0.339 e. The van der Waals surface area contributed by atoms with Gasteiger partial charge in [-0.15, -0.1) is 11.8 Å². The van der Waals surface area contributed by atoms with Gasteiger partial charge in [-0.1, -0.05) is 24.4 Å². The number of fused-ring (bicyclic) bond motifs is 1. The van der Waals surface area contributed by atoms with Crippen molar-refractivity contribution < 1.29 is 4.79 Å². The van der Waals surface area contributed by atoms with Gasteiger partial charge < -0.3 is 4.90 Å². The lowest BCUT2D eigenvalue weighted by Crippen LogP contribution is -2.50. The topological polar surface area (TPSA) is 20.3 Å². The van der Waals surface area contributed by atoms with Gasteiger partial charge in [-0.2, -0.15) is 0 Å². The highest BCUT2D eigenvalue weighted by Gasteiger charge is 2.35. The number of nitrogens with zero attached hydrogens (tertiary/aromatic N) is 1. The highest BCUT2D eigenvalue weighted by molar-refractivity contribution is 8.00. The number of hydrogen-bond donors (Lipinski definition) is 0. The van der Waals surface area contributed by atoms with Crippen LogP contribution in [0.1, 0.15) is 38.5 Å². The van der Waals surface area contributed by atoms with Crippen LogP contribution in [0, 0.1) is 5.92 Å². The van der Waals surface area contributed by atoms with Gasteiger partial charge in [0.15, 0.2) is 0 Å². The number of carbonyl (C=O) groups excluding carboxylic acids is 1. The van der Waals surface area contributed by atoms with Crippen LogP contribution in [-0.4, -0.2) is 29.1 Å². The summed E-state index contributed by atoms with van der Waals surface area (Å²) in [6.45, 7) is 0.960. The fourth-order valence-electron chi connectivity index (χ4n) is 3.69. The van der Waals surface area contributed by atoms with E-state index >= 15 is 0 Å². The summed E-state index contributed by atoms with van der Waals surface area (Å²) in [5, 5.41) is 0.742. The summed E-state index contributed by atoms with van der Waals surface area (Å²) in [5.74, 6) is 1.62. The molecule has 2 fully saturated rings. The Morgan fingerprint density at radius 2 is 1.86 bits per heavy atom. The summed E-state index contributed by atoms with van der Waals surface area (Å²) in [6.07, 6.45) is 7.66. The van der Waals surface area contributed by atoms with E-state index in [0.29, 0.717) is 17.7 Å². The lowest BCUT2D eigenvalue weighted by atomic mass is 9.78. The zero-order valence-electron chi connectivity index (χ0n) is 12.3. The number of benzene rings is 1. The van der Waals surface area contributed by atoms with Gasteiger partial charge in [0.1, 0.15) is 0 Å². The maximum atomic E-state index is 12.6. The molecule has 2 unspecified atom stereocenters. The second-order valence-corrected chi connectivity index (χ2v) is 7.57. The Hall–Kier alpha value is -0.670. The van der Waals surface area contributed by atoms with Gasteiger partial charge in [-0.3, -0.25) is 4.79 Å². The molecular weight excluding hydrogens is 302 g/mol. The Balaban J connectivity index is 1.57. The van der Waals surface area contributed by atoms with Crippen molar-refractivity contribution in [3.8, 4) is 0 Å². The average Bonchev–Trinajstić information content (AvgIpc) is 2.53. The minimum Gasteiger partial charge on any atom is -0.339 e. The van der Waals surface area contributed by atoms with Crippen LogP contribution in [-0.2, 0) is 4.79 Å². The summed E-state index contributed by atoms with van der Waals surface area (Å²) in [7, 11) is 0. The summed E-state index contributed by atoms with van der Waals surface area (Å²) in [4.78, 5) is 15.9. The lowest BCUT2D eigenvalue weighted by Gasteiger charge is -2.44. The first-order valence-electron chi connectivity index (χ1n) is 7.92. The third kappa shape index (κ3) is 3.75. The number of carbonyl (C=O) groups is 1. The standard InChI is InChI=1S/C17H22ClNOS/c18-14-7-9-15(10-8-14)21-12-17(20)19-11-3-5-13-4-1-2-6-16(13)19/h7-10,13,16H,1-6,11-12H2. The lowest BCUT2D eigenvalue weighted by molar-refractivity contribution is -0.134. The van der Waals surface area contributed by atoms with Gasteiger partial charge in [0.25, 0.3) is 0 Å². The predicted molar refractivity (Wildman–Crippen MR) is 88.9 cm³/mol. The van der Waals surface area contributed by atoms with Crippen LogP contribution in [0.2, 0.25) is 5.02 Å². The molecule has 1 aromatic rings. The van der Waals surface area contributed by atoms with Crippen LogP contribution in [0.3, 0.4) is 0 Å². The summed E-state index contributed by atoms with van der Waals surface area (Å²) in [6, 6.07) is 8.25. The summed E-state index contributed by atoms with van der Waals surface area (Å²) in [5.41, 5.74) is 0. The van der Waals surface area contributed by atoms with E-state index in [4.69, 9.17) is 11.6 Å². The number of amides is 1. The highest BCUT2D eigenvalue weighted by Crippen LogP contribution is 2.35. The van der Waals surface area contributed by atoms with Crippen molar-refractivity contribution in [2.75, 3.05) is 12.3 Å². The molecule has 1 saturated carbocycles. The number of piperidine rings is 1. The normalized spacial score (nSPS) is 25.5. The third-order valence-corrected chi connectivity index (χ3v) is 5.99. The highest BCUT2D eigenvalue weighted by atomic mass is 35.5. The predicted octanol–water partition coefficient (Wildman–Crippen LogP) is 4.61. The molecular formula is C17H22ClNOS. The monoisotopic (exact) mass is 323 g/mol. The van der Waals surface area contributed by atoms with E-state index in [1.54, 1.807) is 11.8 Å². The van der Waals surface area contributed by atoms with Crippen LogP contribution in [0.5, 0.6) is 0 Å². The number of rotatable bonds is 3. The van der Waals surface area contributed by atoms with Gasteiger partial charge in [0.05, 0.1) is 5.75 Å². The molecule has 1 saturated heterocycles. The first-order chi connectivity index (χ1) is 10.2. The van der Waals surface area contributed by atoms with Gasteiger partial charge >= 0.3 is 0 Å². The Bertz CT molecular complexity index is 488. The first kappa shape index (κ1) is 15.2. The molecule has 0 spiro atoms. The van der Waals surface area contributed by atoms with Gasteiger partial charge in [0, 0.05) is 22.5 Å². The molecule has 0 bridgehead atoms. The minimum atomic E-state index is 0.312. The molecule has 21 heavy (non-hydrogen) atoms. The van der Waals surface area contributed by atoms with Crippen molar-refractivity contribution in [2.45, 2.75) is 49.5 Å². The van der Waals surface area contributed by atoms with Crippen molar-refractivity contribution in [1.29, 1.82) is 0 Å². The Morgan fingerprint density at radius 1 is 1.14 bits per heavy atom. The average molecular weight is 324 g/mol. The Morgan fingerprint density at radius 3 is 2.67 bits per heavy atom. The fourth-order valence-corrected chi connectivity index (χ4v) is 4.60. The molecule has 2 atom stereocenters. The maximum Gasteiger partial charge on any atom is 0.233 e. The van der Waals surface area contributed by atoms with E-state index in [2.05, 4.69) is 4.90 Å². The van der Waals surface area contributed by atoms with Gasteiger partial charge in [0.2, 0.25) is 5.91 Å². The molecule has 114 valence electrons. The zero-order chi connectivity index (χ0) is 14.7. The SMILES string of the molecule is O=C(CSc1ccc(Cl)cc1)N1CCCC2CCCCC21. The summed E-state index contributed by atoms with van der Waals surface area (Å²) < 4.78 is 0. The summed E-state index contributed by atoms with van der Waals surface area (Å²) >= 11 is 7.51. The van der Waals surface area contributed by atoms with Gasteiger partial charge in [-0.25, -0.2) is 0 Å². The molecule has 0 aromatic heterocycles. The van der Waals surface area contributed by atoms with E-state index in [-0.39, 0.29) is 0 Å². The van der Waals surface area contributed by atoms with Crippen LogP contribution in [0.15, 0.2) is 29.2 Å². The van der Waals surface area contributed by atoms with Crippen LogP contribution < -0.4 is 0 Å².